The molecule has 1 amide bonds. The van der Waals surface area contributed by atoms with E-state index in [0.29, 0.717) is 6.54 Å². The third-order valence-corrected chi connectivity index (χ3v) is 2.82. The van der Waals surface area contributed by atoms with Crippen molar-refractivity contribution in [3.63, 3.8) is 0 Å². The molecule has 1 unspecified atom stereocenters. The van der Waals surface area contributed by atoms with Crippen molar-refractivity contribution in [1.29, 1.82) is 0 Å². The van der Waals surface area contributed by atoms with Crippen LogP contribution in [-0.4, -0.2) is 57.5 Å². The van der Waals surface area contributed by atoms with Crippen LogP contribution in [-0.2, 0) is 14.3 Å². The van der Waals surface area contributed by atoms with Gasteiger partial charge in [-0.2, -0.15) is 0 Å². The fourth-order valence-electron chi connectivity index (χ4n) is 1.94. The molecule has 5 heteroatoms. The molecule has 0 spiro atoms. The third kappa shape index (κ3) is 3.15. The summed E-state index contributed by atoms with van der Waals surface area (Å²) in [6, 6.07) is -0.0252. The number of rotatable bonds is 5. The van der Waals surface area contributed by atoms with Crippen molar-refractivity contribution in [1.82, 2.24) is 10.2 Å². The van der Waals surface area contributed by atoms with Crippen molar-refractivity contribution in [2.75, 3.05) is 34.4 Å². The smallest absolute Gasteiger partial charge is 0.237 e. The van der Waals surface area contributed by atoms with Gasteiger partial charge in [-0.05, 0) is 19.4 Å². The average molecular weight is 216 g/mol. The molecule has 1 saturated heterocycles. The highest BCUT2D eigenvalue weighted by molar-refractivity contribution is 5.81. The van der Waals surface area contributed by atoms with E-state index in [1.807, 2.05) is 0 Å². The zero-order valence-electron chi connectivity index (χ0n) is 9.66. The van der Waals surface area contributed by atoms with Gasteiger partial charge in [0.1, 0.15) is 0 Å². The van der Waals surface area contributed by atoms with Gasteiger partial charge in [0.15, 0.2) is 6.29 Å². The van der Waals surface area contributed by atoms with Crippen LogP contribution < -0.4 is 5.32 Å². The van der Waals surface area contributed by atoms with Gasteiger partial charge in [0.05, 0.1) is 12.6 Å². The summed E-state index contributed by atoms with van der Waals surface area (Å²) in [6.07, 6.45) is 1.72. The first-order chi connectivity index (χ1) is 7.22. The number of methoxy groups -OCH3 is 2. The number of ether oxygens (including phenoxy) is 2. The summed E-state index contributed by atoms with van der Waals surface area (Å²) in [5.41, 5.74) is 0. The molecule has 0 aliphatic carbocycles. The van der Waals surface area contributed by atoms with E-state index in [9.17, 15) is 4.79 Å². The van der Waals surface area contributed by atoms with Gasteiger partial charge in [0, 0.05) is 21.3 Å². The maximum absolute atomic E-state index is 11.5. The Labute approximate surface area is 90.7 Å². The van der Waals surface area contributed by atoms with Gasteiger partial charge in [-0.1, -0.05) is 0 Å². The molecule has 1 aliphatic heterocycles. The molecule has 1 N–H and O–H groups in total. The zero-order valence-corrected chi connectivity index (χ0v) is 9.66. The number of hydrogen-bond donors (Lipinski definition) is 1. The molecule has 0 saturated carbocycles. The molecule has 1 rings (SSSR count). The minimum absolute atomic E-state index is 0.0252. The molecule has 1 aliphatic rings. The van der Waals surface area contributed by atoms with Crippen molar-refractivity contribution < 1.29 is 14.3 Å². The summed E-state index contributed by atoms with van der Waals surface area (Å²) in [5, 5.41) is 2.68. The topological polar surface area (TPSA) is 50.8 Å². The second kappa shape index (κ2) is 6.05. The first-order valence-corrected chi connectivity index (χ1v) is 5.24. The van der Waals surface area contributed by atoms with E-state index in [4.69, 9.17) is 9.47 Å². The van der Waals surface area contributed by atoms with Gasteiger partial charge in [-0.15, -0.1) is 0 Å². The Hall–Kier alpha value is -0.650. The fraction of sp³-hybridized carbons (Fsp3) is 0.900. The second-order valence-electron chi connectivity index (χ2n) is 3.67. The van der Waals surface area contributed by atoms with Crippen molar-refractivity contribution in [2.24, 2.45) is 0 Å². The Balaban J connectivity index is 2.49. The van der Waals surface area contributed by atoms with Crippen LogP contribution in [0.15, 0.2) is 0 Å². The number of likely N-dealkylation sites (tertiary alicyclic amines) is 1. The standard InChI is InChI=1S/C10H20N2O3/c1-11-10(13)8-5-4-6-12(8)7-9(14-2)15-3/h8-9H,4-7H2,1-3H3,(H,11,13). The molecule has 88 valence electrons. The third-order valence-electron chi connectivity index (χ3n) is 2.82. The number of carbonyl (C=O) groups excluding carboxylic acids is 1. The minimum atomic E-state index is -0.254. The maximum atomic E-state index is 11.5. The first kappa shape index (κ1) is 12.4. The molecule has 0 bridgehead atoms. The normalized spacial score (nSPS) is 22.3. The molecular formula is C10H20N2O3. The van der Waals surface area contributed by atoms with Crippen LogP contribution in [0.3, 0.4) is 0 Å². The Morgan fingerprint density at radius 1 is 1.53 bits per heavy atom. The molecule has 1 fully saturated rings. The van der Waals surface area contributed by atoms with Crippen LogP contribution in [0.5, 0.6) is 0 Å². The van der Waals surface area contributed by atoms with Crippen LogP contribution in [0.25, 0.3) is 0 Å². The van der Waals surface area contributed by atoms with E-state index in [0.717, 1.165) is 19.4 Å². The highest BCUT2D eigenvalue weighted by Gasteiger charge is 2.31. The number of amides is 1. The summed E-state index contributed by atoms with van der Waals surface area (Å²) in [4.78, 5) is 13.7. The molecule has 1 heterocycles. The van der Waals surface area contributed by atoms with Gasteiger partial charge < -0.3 is 14.8 Å². The molecule has 0 radical (unpaired) electrons. The van der Waals surface area contributed by atoms with Crippen molar-refractivity contribution in [3.05, 3.63) is 0 Å². The van der Waals surface area contributed by atoms with Crippen molar-refractivity contribution >= 4 is 5.91 Å². The van der Waals surface area contributed by atoms with E-state index in [2.05, 4.69) is 10.2 Å². The fourth-order valence-corrected chi connectivity index (χ4v) is 1.94. The summed E-state index contributed by atoms with van der Waals surface area (Å²) in [5.74, 6) is 0.0819. The highest BCUT2D eigenvalue weighted by Crippen LogP contribution is 2.17. The van der Waals surface area contributed by atoms with Gasteiger partial charge in [0.25, 0.3) is 0 Å². The maximum Gasteiger partial charge on any atom is 0.237 e. The molecule has 1 atom stereocenters. The lowest BCUT2D eigenvalue weighted by Crippen LogP contribution is -2.45. The first-order valence-electron chi connectivity index (χ1n) is 5.24. The second-order valence-corrected chi connectivity index (χ2v) is 3.67. The number of likely N-dealkylation sites (N-methyl/N-ethyl adjacent to an activating group) is 1. The van der Waals surface area contributed by atoms with Crippen molar-refractivity contribution in [3.8, 4) is 0 Å². The van der Waals surface area contributed by atoms with E-state index < -0.39 is 0 Å². The molecular weight excluding hydrogens is 196 g/mol. The van der Waals surface area contributed by atoms with Gasteiger partial charge in [0.2, 0.25) is 5.91 Å². The highest BCUT2D eigenvalue weighted by atomic mass is 16.7. The van der Waals surface area contributed by atoms with Crippen LogP contribution in [0, 0.1) is 0 Å². The number of hydrogen-bond acceptors (Lipinski definition) is 4. The van der Waals surface area contributed by atoms with Crippen LogP contribution in [0.1, 0.15) is 12.8 Å². The lowest BCUT2D eigenvalue weighted by Gasteiger charge is -2.26. The van der Waals surface area contributed by atoms with Gasteiger partial charge in [-0.25, -0.2) is 0 Å². The summed E-state index contributed by atoms with van der Waals surface area (Å²) < 4.78 is 10.3. The van der Waals surface area contributed by atoms with Crippen molar-refractivity contribution in [2.45, 2.75) is 25.2 Å². The summed E-state index contributed by atoms with van der Waals surface area (Å²) >= 11 is 0. The Bertz CT molecular complexity index is 207. The number of carbonyl (C=O) groups is 1. The zero-order chi connectivity index (χ0) is 11.3. The van der Waals surface area contributed by atoms with E-state index in [-0.39, 0.29) is 18.2 Å². The molecule has 0 aromatic heterocycles. The molecule has 5 nitrogen and oxygen atoms in total. The number of nitrogens with zero attached hydrogens (tertiary/aromatic N) is 1. The van der Waals surface area contributed by atoms with E-state index in [1.54, 1.807) is 21.3 Å². The predicted octanol–water partition coefficient (Wildman–Crippen LogP) is -0.184. The Kier molecular flexibility index (Phi) is 5.01. The van der Waals surface area contributed by atoms with Crippen LogP contribution in [0.2, 0.25) is 0 Å². The summed E-state index contributed by atoms with van der Waals surface area (Å²) in [6.45, 7) is 1.58. The molecule has 15 heavy (non-hydrogen) atoms. The minimum Gasteiger partial charge on any atom is -0.358 e. The lowest BCUT2D eigenvalue weighted by atomic mass is 10.2. The SMILES string of the molecule is CNC(=O)C1CCCN1CC(OC)OC. The predicted molar refractivity (Wildman–Crippen MR) is 56.5 cm³/mol. The largest absolute Gasteiger partial charge is 0.358 e. The van der Waals surface area contributed by atoms with Gasteiger partial charge in [-0.3, -0.25) is 9.69 Å². The van der Waals surface area contributed by atoms with E-state index in [1.165, 1.54) is 0 Å². The molecule has 0 aromatic rings. The van der Waals surface area contributed by atoms with E-state index >= 15 is 0 Å². The molecule has 0 aromatic carbocycles. The monoisotopic (exact) mass is 216 g/mol. The van der Waals surface area contributed by atoms with Crippen LogP contribution in [0.4, 0.5) is 0 Å². The summed E-state index contributed by atoms with van der Waals surface area (Å²) in [7, 11) is 4.89. The lowest BCUT2D eigenvalue weighted by molar-refractivity contribution is -0.132. The quantitative estimate of drug-likeness (QED) is 0.647. The number of nitrogens with one attached hydrogen (secondary N) is 1. The Morgan fingerprint density at radius 3 is 2.73 bits per heavy atom. The Morgan fingerprint density at radius 2 is 2.20 bits per heavy atom. The van der Waals surface area contributed by atoms with Gasteiger partial charge >= 0.3 is 0 Å². The van der Waals surface area contributed by atoms with Crippen LogP contribution >= 0.6 is 0 Å². The average Bonchev–Trinajstić information content (AvgIpc) is 2.72.